The number of nitrogen functional groups attached to an aromatic ring is 1. The topological polar surface area (TPSA) is 63.9 Å². The van der Waals surface area contributed by atoms with Gasteiger partial charge in [-0.25, -0.2) is 0 Å². The Morgan fingerprint density at radius 3 is 2.67 bits per heavy atom. The maximum Gasteiger partial charge on any atom is 0.153 e. The van der Waals surface area contributed by atoms with Gasteiger partial charge in [0.15, 0.2) is 5.82 Å². The SMILES string of the molecule is COc1ccc(C)cc1-c1c(N)n[nH]c1C1(C)CCCC1. The van der Waals surface area contributed by atoms with Gasteiger partial charge in [0.05, 0.1) is 18.4 Å². The van der Waals surface area contributed by atoms with Crippen LogP contribution in [0.3, 0.4) is 0 Å². The van der Waals surface area contributed by atoms with Crippen LogP contribution >= 0.6 is 0 Å². The van der Waals surface area contributed by atoms with Gasteiger partial charge in [0.25, 0.3) is 0 Å². The number of methoxy groups -OCH3 is 1. The first-order chi connectivity index (χ1) is 10.0. The summed E-state index contributed by atoms with van der Waals surface area (Å²) in [5.74, 6) is 1.40. The molecule has 1 saturated carbocycles. The molecule has 112 valence electrons. The van der Waals surface area contributed by atoms with E-state index < -0.39 is 0 Å². The Kier molecular flexibility index (Phi) is 3.40. The van der Waals surface area contributed by atoms with Crippen molar-refractivity contribution in [3.05, 3.63) is 29.5 Å². The molecule has 4 nitrogen and oxygen atoms in total. The van der Waals surface area contributed by atoms with Crippen LogP contribution in [-0.4, -0.2) is 17.3 Å². The molecule has 4 heteroatoms. The van der Waals surface area contributed by atoms with Crippen LogP contribution < -0.4 is 10.5 Å². The fourth-order valence-electron chi connectivity index (χ4n) is 3.49. The molecule has 1 aliphatic carbocycles. The van der Waals surface area contributed by atoms with E-state index in [1.54, 1.807) is 7.11 Å². The third-order valence-electron chi connectivity index (χ3n) is 4.73. The number of hydrogen-bond acceptors (Lipinski definition) is 3. The van der Waals surface area contributed by atoms with E-state index in [0.717, 1.165) is 22.6 Å². The summed E-state index contributed by atoms with van der Waals surface area (Å²) in [6.07, 6.45) is 4.88. The molecule has 0 amide bonds. The summed E-state index contributed by atoms with van der Waals surface area (Å²) in [6, 6.07) is 6.18. The van der Waals surface area contributed by atoms with Gasteiger partial charge in [-0.2, -0.15) is 5.10 Å². The minimum atomic E-state index is 0.134. The van der Waals surface area contributed by atoms with Crippen LogP contribution in [0.15, 0.2) is 18.2 Å². The lowest BCUT2D eigenvalue weighted by Crippen LogP contribution is -2.18. The van der Waals surface area contributed by atoms with Gasteiger partial charge in [0, 0.05) is 11.0 Å². The maximum atomic E-state index is 6.18. The molecule has 21 heavy (non-hydrogen) atoms. The fourth-order valence-corrected chi connectivity index (χ4v) is 3.49. The number of aryl methyl sites for hydroxylation is 1. The Morgan fingerprint density at radius 2 is 2.00 bits per heavy atom. The van der Waals surface area contributed by atoms with Crippen molar-refractivity contribution < 1.29 is 4.74 Å². The Morgan fingerprint density at radius 1 is 1.29 bits per heavy atom. The number of nitrogens with zero attached hydrogens (tertiary/aromatic N) is 1. The number of nitrogens with one attached hydrogen (secondary N) is 1. The molecule has 0 aliphatic heterocycles. The van der Waals surface area contributed by atoms with Crippen LogP contribution in [0.1, 0.15) is 43.9 Å². The minimum absolute atomic E-state index is 0.134. The van der Waals surface area contributed by atoms with E-state index >= 15 is 0 Å². The summed E-state index contributed by atoms with van der Waals surface area (Å²) in [4.78, 5) is 0. The number of aromatic amines is 1. The van der Waals surface area contributed by atoms with Crippen molar-refractivity contribution in [2.24, 2.45) is 0 Å². The first kappa shape index (κ1) is 14.0. The van der Waals surface area contributed by atoms with Crippen LogP contribution in [0, 0.1) is 6.92 Å². The number of nitrogens with two attached hydrogens (primary N) is 1. The smallest absolute Gasteiger partial charge is 0.153 e. The van der Waals surface area contributed by atoms with Gasteiger partial charge in [-0.05, 0) is 31.9 Å². The van der Waals surface area contributed by atoms with Gasteiger partial charge in [-0.3, -0.25) is 5.10 Å². The highest BCUT2D eigenvalue weighted by Gasteiger charge is 2.36. The molecular formula is C17H23N3O. The largest absolute Gasteiger partial charge is 0.496 e. The van der Waals surface area contributed by atoms with Gasteiger partial charge in [-0.15, -0.1) is 0 Å². The molecule has 1 aromatic carbocycles. The summed E-state index contributed by atoms with van der Waals surface area (Å²) in [7, 11) is 1.70. The second kappa shape index (κ2) is 5.10. The molecule has 0 bridgehead atoms. The number of anilines is 1. The standard InChI is InChI=1S/C17H23N3O/c1-11-6-7-13(21-3)12(10-11)14-15(19-20-16(14)18)17(2)8-4-5-9-17/h6-7,10H,4-5,8-9H2,1-3H3,(H3,18,19,20). The average Bonchev–Trinajstić information content (AvgIpc) is 3.06. The van der Waals surface area contributed by atoms with Crippen LogP contribution in [0.4, 0.5) is 5.82 Å². The van der Waals surface area contributed by atoms with Crippen LogP contribution in [-0.2, 0) is 5.41 Å². The van der Waals surface area contributed by atoms with Crippen molar-refractivity contribution in [3.63, 3.8) is 0 Å². The monoisotopic (exact) mass is 285 g/mol. The van der Waals surface area contributed by atoms with E-state index in [1.165, 1.54) is 31.2 Å². The number of hydrogen-bond donors (Lipinski definition) is 2. The molecule has 1 heterocycles. The van der Waals surface area contributed by atoms with E-state index in [2.05, 4.69) is 36.2 Å². The number of rotatable bonds is 3. The van der Waals surface area contributed by atoms with Crippen LogP contribution in [0.5, 0.6) is 5.75 Å². The molecular weight excluding hydrogens is 262 g/mol. The normalized spacial score (nSPS) is 17.1. The molecule has 0 atom stereocenters. The summed E-state index contributed by atoms with van der Waals surface area (Å²) < 4.78 is 5.53. The molecule has 0 unspecified atom stereocenters. The van der Waals surface area contributed by atoms with Crippen molar-refractivity contribution in [3.8, 4) is 16.9 Å². The molecule has 0 saturated heterocycles. The van der Waals surface area contributed by atoms with Gasteiger partial charge in [0.2, 0.25) is 0 Å². The average molecular weight is 285 g/mol. The summed E-state index contributed by atoms with van der Waals surface area (Å²) in [5.41, 5.74) is 10.7. The van der Waals surface area contributed by atoms with Crippen molar-refractivity contribution in [2.75, 3.05) is 12.8 Å². The second-order valence-electron chi connectivity index (χ2n) is 6.33. The number of aromatic nitrogens is 2. The van der Waals surface area contributed by atoms with Gasteiger partial charge in [0.1, 0.15) is 5.75 Å². The maximum absolute atomic E-state index is 6.18. The lowest BCUT2D eigenvalue weighted by Gasteiger charge is -2.24. The highest BCUT2D eigenvalue weighted by Crippen LogP contribution is 2.46. The molecule has 3 N–H and O–H groups in total. The van der Waals surface area contributed by atoms with Crippen LogP contribution in [0.25, 0.3) is 11.1 Å². The Bertz CT molecular complexity index is 654. The zero-order chi connectivity index (χ0) is 15.0. The molecule has 2 aromatic rings. The Balaban J connectivity index is 2.19. The highest BCUT2D eigenvalue weighted by atomic mass is 16.5. The van der Waals surface area contributed by atoms with E-state index in [0.29, 0.717) is 5.82 Å². The molecule has 1 aliphatic rings. The lowest BCUT2D eigenvalue weighted by molar-refractivity contribution is 0.416. The number of H-pyrrole nitrogens is 1. The summed E-state index contributed by atoms with van der Waals surface area (Å²) in [5, 5.41) is 7.48. The number of ether oxygens (including phenoxy) is 1. The van der Waals surface area contributed by atoms with Crippen LogP contribution in [0.2, 0.25) is 0 Å². The highest BCUT2D eigenvalue weighted by molar-refractivity contribution is 5.82. The van der Waals surface area contributed by atoms with E-state index in [-0.39, 0.29) is 5.41 Å². The van der Waals surface area contributed by atoms with Gasteiger partial charge >= 0.3 is 0 Å². The van der Waals surface area contributed by atoms with E-state index in [1.807, 2.05) is 6.07 Å². The lowest BCUT2D eigenvalue weighted by atomic mass is 9.81. The van der Waals surface area contributed by atoms with Crippen molar-refractivity contribution >= 4 is 5.82 Å². The van der Waals surface area contributed by atoms with Crippen molar-refractivity contribution in [1.29, 1.82) is 0 Å². The molecule has 0 spiro atoms. The minimum Gasteiger partial charge on any atom is -0.496 e. The molecule has 1 aromatic heterocycles. The third-order valence-corrected chi connectivity index (χ3v) is 4.73. The van der Waals surface area contributed by atoms with E-state index in [9.17, 15) is 0 Å². The number of benzene rings is 1. The zero-order valence-electron chi connectivity index (χ0n) is 13.0. The van der Waals surface area contributed by atoms with Crippen molar-refractivity contribution in [2.45, 2.75) is 44.9 Å². The predicted molar refractivity (Wildman–Crippen MR) is 85.5 cm³/mol. The summed E-state index contributed by atoms with van der Waals surface area (Å²) >= 11 is 0. The van der Waals surface area contributed by atoms with E-state index in [4.69, 9.17) is 10.5 Å². The first-order valence-electron chi connectivity index (χ1n) is 7.54. The quantitative estimate of drug-likeness (QED) is 0.901. The Hall–Kier alpha value is -1.97. The zero-order valence-corrected chi connectivity index (χ0v) is 13.0. The van der Waals surface area contributed by atoms with Crippen molar-refractivity contribution in [1.82, 2.24) is 10.2 Å². The Labute approximate surface area is 125 Å². The van der Waals surface area contributed by atoms with Gasteiger partial charge in [-0.1, -0.05) is 31.4 Å². The fraction of sp³-hybridized carbons (Fsp3) is 0.471. The predicted octanol–water partition coefficient (Wildman–Crippen LogP) is 3.81. The second-order valence-corrected chi connectivity index (χ2v) is 6.33. The molecule has 1 fully saturated rings. The summed E-state index contributed by atoms with van der Waals surface area (Å²) in [6.45, 7) is 4.38. The van der Waals surface area contributed by atoms with Gasteiger partial charge < -0.3 is 10.5 Å². The third kappa shape index (κ3) is 2.28. The molecule has 0 radical (unpaired) electrons. The first-order valence-corrected chi connectivity index (χ1v) is 7.54. The molecule has 3 rings (SSSR count).